The Morgan fingerprint density at radius 3 is 2.72 bits per heavy atom. The average Bonchev–Trinajstić information content (AvgIpc) is 3.18. The van der Waals surface area contributed by atoms with Crippen LogP contribution >= 0.6 is 23.1 Å². The Labute approximate surface area is 197 Å². The van der Waals surface area contributed by atoms with Crippen LogP contribution in [0.2, 0.25) is 0 Å². The van der Waals surface area contributed by atoms with Crippen LogP contribution in [0.3, 0.4) is 0 Å². The molecule has 1 aliphatic rings. The van der Waals surface area contributed by atoms with Crippen LogP contribution in [0.15, 0.2) is 41.7 Å². The van der Waals surface area contributed by atoms with E-state index in [-0.39, 0.29) is 5.60 Å². The summed E-state index contributed by atoms with van der Waals surface area (Å²) >= 11 is 3.60. The molecule has 4 heterocycles. The Bertz CT molecular complexity index is 1250. The van der Waals surface area contributed by atoms with E-state index in [2.05, 4.69) is 50.0 Å². The first-order chi connectivity index (χ1) is 15.6. The Morgan fingerprint density at radius 2 is 1.91 bits per heavy atom. The van der Waals surface area contributed by atoms with Crippen LogP contribution in [0.4, 0.5) is 0 Å². The molecule has 1 aromatic carbocycles. The van der Waals surface area contributed by atoms with Crippen LogP contribution in [-0.2, 0) is 17.8 Å². The molecule has 0 spiro atoms. The van der Waals surface area contributed by atoms with Crippen LogP contribution in [0.5, 0.6) is 0 Å². The van der Waals surface area contributed by atoms with Crippen molar-refractivity contribution in [2.75, 3.05) is 5.75 Å². The van der Waals surface area contributed by atoms with Gasteiger partial charge in [0.15, 0.2) is 0 Å². The first-order valence-electron chi connectivity index (χ1n) is 11.5. The van der Waals surface area contributed by atoms with Gasteiger partial charge in [0.25, 0.3) is 0 Å². The van der Waals surface area contributed by atoms with Crippen molar-refractivity contribution in [2.24, 2.45) is 0 Å². The van der Waals surface area contributed by atoms with Crippen LogP contribution in [-0.4, -0.2) is 26.3 Å². The lowest BCUT2D eigenvalue weighted by atomic mass is 9.88. The molecular weight excluding hydrogens is 434 g/mol. The predicted molar refractivity (Wildman–Crippen MR) is 136 cm³/mol. The van der Waals surface area contributed by atoms with E-state index >= 15 is 0 Å². The molecule has 0 atom stereocenters. The molecule has 5 rings (SSSR count). The fraction of sp³-hybridized carbons (Fsp3) is 0.423. The van der Waals surface area contributed by atoms with E-state index in [4.69, 9.17) is 14.7 Å². The maximum Gasteiger partial charge on any atom is 0.127 e. The second kappa shape index (κ2) is 9.08. The molecular formula is C26H29N3OS2. The molecule has 0 bridgehead atoms. The first-order valence-corrected chi connectivity index (χ1v) is 13.3. The van der Waals surface area contributed by atoms with Crippen molar-refractivity contribution in [3.05, 3.63) is 47.8 Å². The van der Waals surface area contributed by atoms with Gasteiger partial charge in [0.2, 0.25) is 0 Å². The number of nitrogens with zero attached hydrogens (tertiary/aromatic N) is 3. The molecule has 0 saturated heterocycles. The topological polar surface area (TPSA) is 47.9 Å². The van der Waals surface area contributed by atoms with E-state index in [1.807, 2.05) is 17.8 Å². The number of thioether (sulfide) groups is 1. The standard InChI is InChI=1S/C26H29N3OS2/c1-4-5-6-10-13-31-25-23-22(27-16-28-25)20-18-14-26(2,3)30-15-19(18)21(29-24(20)32-23)17-11-8-7-9-12-17/h7-9,11-12,16H,4-6,10,13-15H2,1-3H3. The zero-order valence-electron chi connectivity index (χ0n) is 19.0. The van der Waals surface area contributed by atoms with Crippen molar-refractivity contribution < 1.29 is 4.74 Å². The number of hydrogen-bond donors (Lipinski definition) is 0. The van der Waals surface area contributed by atoms with Gasteiger partial charge in [0.05, 0.1) is 28.1 Å². The lowest BCUT2D eigenvalue weighted by Gasteiger charge is -2.33. The van der Waals surface area contributed by atoms with Gasteiger partial charge >= 0.3 is 0 Å². The summed E-state index contributed by atoms with van der Waals surface area (Å²) in [4.78, 5) is 15.6. The third kappa shape index (κ3) is 4.16. The van der Waals surface area contributed by atoms with E-state index in [9.17, 15) is 0 Å². The van der Waals surface area contributed by atoms with Crippen LogP contribution in [0.1, 0.15) is 57.6 Å². The highest BCUT2D eigenvalue weighted by atomic mass is 32.2. The summed E-state index contributed by atoms with van der Waals surface area (Å²) in [5, 5.41) is 2.29. The summed E-state index contributed by atoms with van der Waals surface area (Å²) in [6.45, 7) is 7.18. The smallest absolute Gasteiger partial charge is 0.127 e. The number of unbranched alkanes of at least 4 members (excludes halogenated alkanes) is 3. The van der Waals surface area contributed by atoms with Gasteiger partial charge < -0.3 is 4.74 Å². The molecule has 0 fully saturated rings. The van der Waals surface area contributed by atoms with Crippen LogP contribution < -0.4 is 0 Å². The summed E-state index contributed by atoms with van der Waals surface area (Å²) in [5.41, 5.74) is 5.58. The lowest BCUT2D eigenvalue weighted by molar-refractivity contribution is -0.0394. The monoisotopic (exact) mass is 463 g/mol. The molecule has 0 saturated carbocycles. The second-order valence-electron chi connectivity index (χ2n) is 9.06. The zero-order chi connectivity index (χ0) is 22.1. The summed E-state index contributed by atoms with van der Waals surface area (Å²) in [6.07, 6.45) is 7.67. The molecule has 32 heavy (non-hydrogen) atoms. The quantitative estimate of drug-likeness (QED) is 0.162. The van der Waals surface area contributed by atoms with Crippen molar-refractivity contribution in [2.45, 2.75) is 70.1 Å². The van der Waals surface area contributed by atoms with Gasteiger partial charge in [-0.25, -0.2) is 15.0 Å². The van der Waals surface area contributed by atoms with Gasteiger partial charge in [-0.15, -0.1) is 23.1 Å². The number of thiophene rings is 1. The molecule has 0 amide bonds. The largest absolute Gasteiger partial charge is 0.370 e. The number of aromatic nitrogens is 3. The van der Waals surface area contributed by atoms with Crippen LogP contribution in [0.25, 0.3) is 31.7 Å². The molecule has 6 heteroatoms. The highest BCUT2D eigenvalue weighted by Gasteiger charge is 2.32. The third-order valence-corrected chi connectivity index (χ3v) is 8.36. The van der Waals surface area contributed by atoms with Crippen LogP contribution in [0, 0.1) is 0 Å². The number of fused-ring (bicyclic) bond motifs is 5. The van der Waals surface area contributed by atoms with E-state index in [0.29, 0.717) is 6.61 Å². The molecule has 4 nitrogen and oxygen atoms in total. The molecule has 0 N–H and O–H groups in total. The molecule has 4 aromatic rings. The minimum Gasteiger partial charge on any atom is -0.370 e. The van der Waals surface area contributed by atoms with Gasteiger partial charge in [-0.2, -0.15) is 0 Å². The summed E-state index contributed by atoms with van der Waals surface area (Å²) < 4.78 is 7.40. The van der Waals surface area contributed by atoms with Crippen molar-refractivity contribution in [3.63, 3.8) is 0 Å². The minimum atomic E-state index is -0.201. The fourth-order valence-corrected chi connectivity index (χ4v) is 6.66. The normalized spacial score (nSPS) is 15.3. The zero-order valence-corrected chi connectivity index (χ0v) is 20.6. The number of rotatable bonds is 7. The third-order valence-electron chi connectivity index (χ3n) is 6.08. The molecule has 0 radical (unpaired) electrons. The Hall–Kier alpha value is -2.02. The van der Waals surface area contributed by atoms with E-state index < -0.39 is 0 Å². The van der Waals surface area contributed by atoms with Gasteiger partial charge in [0, 0.05) is 22.9 Å². The van der Waals surface area contributed by atoms with E-state index in [1.165, 1.54) is 46.9 Å². The van der Waals surface area contributed by atoms with Gasteiger partial charge in [-0.05, 0) is 31.6 Å². The maximum absolute atomic E-state index is 6.23. The van der Waals surface area contributed by atoms with Crippen molar-refractivity contribution >= 4 is 43.5 Å². The Morgan fingerprint density at radius 1 is 1.06 bits per heavy atom. The minimum absolute atomic E-state index is 0.201. The number of benzene rings is 1. The second-order valence-corrected chi connectivity index (χ2v) is 11.1. The van der Waals surface area contributed by atoms with Crippen molar-refractivity contribution in [3.8, 4) is 11.3 Å². The van der Waals surface area contributed by atoms with Crippen molar-refractivity contribution in [1.82, 2.24) is 15.0 Å². The predicted octanol–water partition coefficient (Wildman–Crippen LogP) is 7.43. The Kier molecular flexibility index (Phi) is 6.19. The number of ether oxygens (including phenoxy) is 1. The molecule has 1 aliphatic heterocycles. The van der Waals surface area contributed by atoms with E-state index in [0.717, 1.165) is 38.8 Å². The summed E-state index contributed by atoms with van der Waals surface area (Å²) in [7, 11) is 0. The highest BCUT2D eigenvalue weighted by Crippen LogP contribution is 2.44. The fourth-order valence-electron chi connectivity index (χ4n) is 4.42. The summed E-state index contributed by atoms with van der Waals surface area (Å²) in [6, 6.07) is 10.5. The van der Waals surface area contributed by atoms with Crippen molar-refractivity contribution in [1.29, 1.82) is 0 Å². The van der Waals surface area contributed by atoms with E-state index in [1.54, 1.807) is 17.7 Å². The Balaban J connectivity index is 1.65. The highest BCUT2D eigenvalue weighted by molar-refractivity contribution is 7.99. The molecule has 0 aliphatic carbocycles. The molecule has 0 unspecified atom stereocenters. The lowest BCUT2D eigenvalue weighted by Crippen LogP contribution is -2.32. The number of hydrogen-bond acceptors (Lipinski definition) is 6. The van der Waals surface area contributed by atoms with Gasteiger partial charge in [0.1, 0.15) is 16.2 Å². The SMILES string of the molecule is CCCCCCSc1ncnc2c1sc1nc(-c3ccccc3)c3c(c12)CC(C)(C)OC3. The molecule has 3 aromatic heterocycles. The van der Waals surface area contributed by atoms with Gasteiger partial charge in [-0.1, -0.05) is 56.5 Å². The van der Waals surface area contributed by atoms with Gasteiger partial charge in [-0.3, -0.25) is 0 Å². The average molecular weight is 464 g/mol. The maximum atomic E-state index is 6.23. The first kappa shape index (κ1) is 21.8. The molecule has 166 valence electrons. The summed E-state index contributed by atoms with van der Waals surface area (Å²) in [5.74, 6) is 1.10. The number of pyridine rings is 1.